The second kappa shape index (κ2) is 9.35. The van der Waals surface area contributed by atoms with Crippen LogP contribution in [0.1, 0.15) is 58.1 Å². The predicted molar refractivity (Wildman–Crippen MR) is 133 cm³/mol. The Morgan fingerprint density at radius 1 is 1.19 bits per heavy atom. The molecule has 5 rings (SSSR count). The van der Waals surface area contributed by atoms with E-state index in [0.717, 1.165) is 10.9 Å². The fourth-order valence-electron chi connectivity index (χ4n) is 5.24. The minimum absolute atomic E-state index is 0.0272. The van der Waals surface area contributed by atoms with Crippen molar-refractivity contribution in [2.75, 3.05) is 18.4 Å². The molecule has 1 aromatic carbocycles. The molecular weight excluding hydrogens is 482 g/mol. The van der Waals surface area contributed by atoms with Crippen molar-refractivity contribution in [3.05, 3.63) is 36.2 Å². The van der Waals surface area contributed by atoms with Crippen molar-refractivity contribution < 1.29 is 23.1 Å². The number of likely N-dealkylation sites (tertiary alicyclic amines) is 1. The van der Waals surface area contributed by atoms with E-state index in [1.54, 1.807) is 4.90 Å². The van der Waals surface area contributed by atoms with Gasteiger partial charge in [-0.1, -0.05) is 25.1 Å². The molecule has 4 heterocycles. The number of hydrogen-bond donors (Lipinski definition) is 1. The van der Waals surface area contributed by atoms with Crippen molar-refractivity contribution in [2.45, 2.75) is 64.5 Å². The van der Waals surface area contributed by atoms with Crippen LogP contribution in [0.3, 0.4) is 0 Å². The number of fused-ring (bicyclic) bond motifs is 2. The van der Waals surface area contributed by atoms with E-state index in [1.165, 1.54) is 6.33 Å². The molecule has 2 aromatic heterocycles. The van der Waals surface area contributed by atoms with Gasteiger partial charge in [0, 0.05) is 30.5 Å². The quantitative estimate of drug-likeness (QED) is 0.530. The molecule has 0 radical (unpaired) electrons. The third-order valence-electron chi connectivity index (χ3n) is 6.89. The first-order valence-corrected chi connectivity index (χ1v) is 12.4. The first kappa shape index (κ1) is 25.0. The maximum absolute atomic E-state index is 14.0. The highest BCUT2D eigenvalue weighted by Crippen LogP contribution is 2.42. The number of amides is 2. The van der Waals surface area contributed by atoms with Crippen molar-refractivity contribution in [2.24, 2.45) is 5.92 Å². The Kier molecular flexibility index (Phi) is 6.33. The second-order valence-corrected chi connectivity index (χ2v) is 10.7. The molecule has 0 aliphatic carbocycles. The van der Waals surface area contributed by atoms with Crippen molar-refractivity contribution in [1.29, 1.82) is 0 Å². The number of ether oxygens (including phenoxy) is 1. The number of para-hydroxylation sites is 1. The highest BCUT2D eigenvalue weighted by Gasteiger charge is 2.38. The van der Waals surface area contributed by atoms with Gasteiger partial charge in [0.25, 0.3) is 0 Å². The van der Waals surface area contributed by atoms with E-state index in [0.29, 0.717) is 30.9 Å². The number of alkyl halides is 2. The van der Waals surface area contributed by atoms with Crippen LogP contribution in [-0.4, -0.2) is 61.8 Å². The lowest BCUT2D eigenvalue weighted by molar-refractivity contribution is -0.117. The number of aromatic nitrogens is 4. The SMILES string of the molecule is C[C@@H]1CN(C(=O)OC(C)(C)C)CC[C@@H]1n1nc(-c2ncnc3c2C(C(F)F)CC(=O)N3)c2ccccc21. The number of rotatable bonds is 3. The number of piperidine rings is 1. The molecule has 1 fully saturated rings. The van der Waals surface area contributed by atoms with Gasteiger partial charge in [0.15, 0.2) is 0 Å². The van der Waals surface area contributed by atoms with E-state index in [-0.39, 0.29) is 35.9 Å². The summed E-state index contributed by atoms with van der Waals surface area (Å²) in [4.78, 5) is 34.8. The molecular formula is C26H30F2N6O3. The van der Waals surface area contributed by atoms with Gasteiger partial charge in [0.1, 0.15) is 29.1 Å². The highest BCUT2D eigenvalue weighted by molar-refractivity contribution is 5.98. The molecule has 1 unspecified atom stereocenters. The summed E-state index contributed by atoms with van der Waals surface area (Å²) in [7, 11) is 0. The Hall–Kier alpha value is -3.63. The van der Waals surface area contributed by atoms with Crippen LogP contribution in [0.15, 0.2) is 30.6 Å². The van der Waals surface area contributed by atoms with E-state index in [9.17, 15) is 18.4 Å². The predicted octanol–water partition coefficient (Wildman–Crippen LogP) is 5.00. The fourth-order valence-corrected chi connectivity index (χ4v) is 5.24. The fraction of sp³-hybridized carbons (Fsp3) is 0.500. The van der Waals surface area contributed by atoms with Gasteiger partial charge < -0.3 is 15.0 Å². The van der Waals surface area contributed by atoms with Crippen LogP contribution in [-0.2, 0) is 9.53 Å². The average Bonchev–Trinajstić information content (AvgIpc) is 3.21. The third kappa shape index (κ3) is 4.74. The molecule has 1 N–H and O–H groups in total. The molecule has 2 amide bonds. The van der Waals surface area contributed by atoms with Crippen molar-refractivity contribution in [3.63, 3.8) is 0 Å². The standard InChI is InChI=1S/C26H30F2N6O3/c1-14-12-33(25(36)37-26(2,3)4)10-9-17(14)34-18-8-6-5-7-15(18)21(32-34)22-20-16(23(27)28)11-19(35)31-24(20)30-13-29-22/h5-8,13-14,16-17,23H,9-12H2,1-4H3,(H,29,30,31,35)/t14-,16?,17+/m1/s1. The summed E-state index contributed by atoms with van der Waals surface area (Å²) < 4.78 is 35.5. The Morgan fingerprint density at radius 2 is 1.95 bits per heavy atom. The van der Waals surface area contributed by atoms with E-state index in [2.05, 4.69) is 22.2 Å². The summed E-state index contributed by atoms with van der Waals surface area (Å²) in [5.74, 6) is -1.66. The Bertz CT molecular complexity index is 1350. The average molecular weight is 513 g/mol. The number of carbonyl (C=O) groups excluding carboxylic acids is 2. The first-order valence-electron chi connectivity index (χ1n) is 12.4. The molecule has 37 heavy (non-hydrogen) atoms. The van der Waals surface area contributed by atoms with E-state index in [4.69, 9.17) is 9.84 Å². The largest absolute Gasteiger partial charge is 0.444 e. The summed E-state index contributed by atoms with van der Waals surface area (Å²) in [5.41, 5.74) is 1.25. The summed E-state index contributed by atoms with van der Waals surface area (Å²) >= 11 is 0. The van der Waals surface area contributed by atoms with Crippen molar-refractivity contribution in [1.82, 2.24) is 24.6 Å². The smallest absolute Gasteiger partial charge is 0.410 e. The number of nitrogens with one attached hydrogen (secondary N) is 1. The van der Waals surface area contributed by atoms with Crippen LogP contribution in [0.5, 0.6) is 0 Å². The molecule has 2 aliphatic heterocycles. The molecule has 0 bridgehead atoms. The minimum Gasteiger partial charge on any atom is -0.444 e. The first-order chi connectivity index (χ1) is 17.5. The molecule has 3 atom stereocenters. The van der Waals surface area contributed by atoms with Gasteiger partial charge in [-0.25, -0.2) is 23.5 Å². The maximum atomic E-state index is 14.0. The molecule has 11 heteroatoms. The van der Waals surface area contributed by atoms with Crippen LogP contribution in [0.2, 0.25) is 0 Å². The molecule has 3 aromatic rings. The van der Waals surface area contributed by atoms with Gasteiger partial charge in [0.2, 0.25) is 12.3 Å². The van der Waals surface area contributed by atoms with Gasteiger partial charge in [0.05, 0.1) is 17.5 Å². The Balaban J connectivity index is 1.53. The molecule has 196 valence electrons. The van der Waals surface area contributed by atoms with Crippen LogP contribution >= 0.6 is 0 Å². The van der Waals surface area contributed by atoms with Gasteiger partial charge >= 0.3 is 6.09 Å². The number of hydrogen-bond acceptors (Lipinski definition) is 6. The molecule has 9 nitrogen and oxygen atoms in total. The summed E-state index contributed by atoms with van der Waals surface area (Å²) in [6.07, 6.45) is -1.51. The lowest BCUT2D eigenvalue weighted by Gasteiger charge is -2.37. The minimum atomic E-state index is -2.75. The van der Waals surface area contributed by atoms with Crippen LogP contribution < -0.4 is 5.32 Å². The van der Waals surface area contributed by atoms with Gasteiger partial charge in [-0.05, 0) is 39.2 Å². The Labute approximate surface area is 213 Å². The molecule has 0 spiro atoms. The Morgan fingerprint density at radius 3 is 2.65 bits per heavy atom. The molecule has 2 aliphatic rings. The monoisotopic (exact) mass is 512 g/mol. The molecule has 1 saturated heterocycles. The van der Waals surface area contributed by atoms with Gasteiger partial charge in [-0.15, -0.1) is 0 Å². The summed E-state index contributed by atoms with van der Waals surface area (Å²) in [5, 5.41) is 8.30. The van der Waals surface area contributed by atoms with Crippen LogP contribution in [0.25, 0.3) is 22.3 Å². The van der Waals surface area contributed by atoms with Crippen LogP contribution in [0.4, 0.5) is 19.4 Å². The van der Waals surface area contributed by atoms with E-state index >= 15 is 0 Å². The number of carbonyl (C=O) groups is 2. The zero-order valence-electron chi connectivity index (χ0n) is 21.2. The second-order valence-electron chi connectivity index (χ2n) is 10.7. The number of nitrogens with zero attached hydrogens (tertiary/aromatic N) is 5. The number of anilines is 1. The lowest BCUT2D eigenvalue weighted by atomic mass is 9.90. The highest BCUT2D eigenvalue weighted by atomic mass is 19.3. The summed E-state index contributed by atoms with van der Waals surface area (Å²) in [6, 6.07) is 7.58. The normalized spacial score (nSPS) is 22.2. The maximum Gasteiger partial charge on any atom is 0.410 e. The van der Waals surface area contributed by atoms with E-state index < -0.39 is 23.9 Å². The van der Waals surface area contributed by atoms with Gasteiger partial charge in [-0.2, -0.15) is 5.10 Å². The third-order valence-corrected chi connectivity index (χ3v) is 6.89. The summed E-state index contributed by atoms with van der Waals surface area (Å²) in [6.45, 7) is 8.60. The molecule has 0 saturated carbocycles. The van der Waals surface area contributed by atoms with Crippen molar-refractivity contribution in [3.8, 4) is 11.4 Å². The zero-order chi connectivity index (χ0) is 26.5. The van der Waals surface area contributed by atoms with Crippen LogP contribution in [0, 0.1) is 5.92 Å². The topological polar surface area (TPSA) is 102 Å². The lowest BCUT2D eigenvalue weighted by Crippen LogP contribution is -2.45. The van der Waals surface area contributed by atoms with E-state index in [1.807, 2.05) is 49.7 Å². The zero-order valence-corrected chi connectivity index (χ0v) is 21.2. The van der Waals surface area contributed by atoms with Gasteiger partial charge in [-0.3, -0.25) is 9.48 Å². The van der Waals surface area contributed by atoms with Crippen molar-refractivity contribution >= 4 is 28.7 Å². The number of halogens is 2. The number of benzene rings is 1.